The summed E-state index contributed by atoms with van der Waals surface area (Å²) in [5.41, 5.74) is 2.40. The minimum Gasteiger partial charge on any atom is -0.465 e. The zero-order chi connectivity index (χ0) is 15.5. The lowest BCUT2D eigenvalue weighted by Gasteiger charge is -2.30. The Labute approximate surface area is 133 Å². The number of nitrogens with zero attached hydrogens (tertiary/aromatic N) is 1. The average Bonchev–Trinajstić information content (AvgIpc) is 2.57. The van der Waals surface area contributed by atoms with Gasteiger partial charge in [0, 0.05) is 4.90 Å². The molecule has 0 N–H and O–H groups in total. The lowest BCUT2D eigenvalue weighted by molar-refractivity contribution is -0.116. The molecule has 0 aromatic heterocycles. The summed E-state index contributed by atoms with van der Waals surface area (Å²) in [6.07, 6.45) is 8.43. The maximum absolute atomic E-state index is 12.3. The summed E-state index contributed by atoms with van der Waals surface area (Å²) in [5.74, 6) is 0.114. The molecule has 0 fully saturated rings. The fraction of sp³-hybridized carbons (Fsp3) is 0.294. The van der Waals surface area contributed by atoms with Crippen molar-refractivity contribution >= 4 is 29.3 Å². The third-order valence-corrected chi connectivity index (χ3v) is 4.78. The molecule has 1 aromatic rings. The van der Waals surface area contributed by atoms with Crippen LogP contribution < -0.4 is 4.90 Å². The monoisotopic (exact) mass is 315 g/mol. The summed E-state index contributed by atoms with van der Waals surface area (Å²) in [6.45, 7) is 0.549. The van der Waals surface area contributed by atoms with Gasteiger partial charge in [-0.25, -0.2) is 4.79 Å². The number of hydrogen-bond donors (Lipinski definition) is 0. The molecule has 1 amide bonds. The number of carbonyl (C=O) groups is 2. The molecule has 0 atom stereocenters. The Morgan fingerprint density at radius 1 is 1.36 bits per heavy atom. The SMILES string of the molecule is COC(=O)c1ccc2c(c1)N(CC1=CCCC=C1)C(=O)CS2. The molecule has 0 unspecified atom stereocenters. The van der Waals surface area contributed by atoms with E-state index in [0.29, 0.717) is 17.9 Å². The van der Waals surface area contributed by atoms with Crippen molar-refractivity contribution in [1.82, 2.24) is 0 Å². The number of fused-ring (bicyclic) bond motifs is 1. The Kier molecular flexibility index (Phi) is 4.34. The van der Waals surface area contributed by atoms with Crippen LogP contribution in [0, 0.1) is 0 Å². The highest BCUT2D eigenvalue weighted by Gasteiger charge is 2.26. The molecule has 2 aliphatic rings. The van der Waals surface area contributed by atoms with Gasteiger partial charge in [0.2, 0.25) is 5.91 Å². The zero-order valence-electron chi connectivity index (χ0n) is 12.4. The van der Waals surface area contributed by atoms with Crippen molar-refractivity contribution in [3.63, 3.8) is 0 Å². The number of allylic oxidation sites excluding steroid dienone is 2. The van der Waals surface area contributed by atoms with Gasteiger partial charge in [-0.3, -0.25) is 4.79 Å². The topological polar surface area (TPSA) is 46.6 Å². The van der Waals surface area contributed by atoms with E-state index in [-0.39, 0.29) is 11.9 Å². The first kappa shape index (κ1) is 14.9. The number of amides is 1. The van der Waals surface area contributed by atoms with E-state index in [1.807, 2.05) is 6.07 Å². The highest BCUT2D eigenvalue weighted by Crippen LogP contribution is 2.36. The van der Waals surface area contributed by atoms with Crippen LogP contribution in [-0.4, -0.2) is 31.3 Å². The van der Waals surface area contributed by atoms with E-state index >= 15 is 0 Å². The van der Waals surface area contributed by atoms with Gasteiger partial charge in [-0.05, 0) is 36.6 Å². The van der Waals surface area contributed by atoms with E-state index in [9.17, 15) is 9.59 Å². The molecule has 114 valence electrons. The van der Waals surface area contributed by atoms with Crippen LogP contribution in [0.1, 0.15) is 23.2 Å². The van der Waals surface area contributed by atoms with E-state index < -0.39 is 0 Å². The van der Waals surface area contributed by atoms with Gasteiger partial charge in [-0.2, -0.15) is 0 Å². The van der Waals surface area contributed by atoms with Crippen LogP contribution in [0.15, 0.2) is 46.9 Å². The lowest BCUT2D eigenvalue weighted by Crippen LogP contribution is -2.37. The molecular formula is C17H17NO3S. The van der Waals surface area contributed by atoms with E-state index in [2.05, 4.69) is 18.2 Å². The van der Waals surface area contributed by atoms with Crippen molar-refractivity contribution < 1.29 is 14.3 Å². The van der Waals surface area contributed by atoms with Gasteiger partial charge in [0.1, 0.15) is 0 Å². The smallest absolute Gasteiger partial charge is 0.337 e. The van der Waals surface area contributed by atoms with Crippen molar-refractivity contribution in [2.45, 2.75) is 17.7 Å². The number of hydrogen-bond acceptors (Lipinski definition) is 4. The molecule has 1 aromatic carbocycles. The number of benzene rings is 1. The van der Waals surface area contributed by atoms with E-state index in [1.54, 1.807) is 17.0 Å². The van der Waals surface area contributed by atoms with Crippen LogP contribution >= 0.6 is 11.8 Å². The molecule has 0 bridgehead atoms. The standard InChI is InChI=1S/C17H17NO3S/c1-21-17(20)13-7-8-15-14(9-13)18(16(19)11-22-15)10-12-5-3-2-4-6-12/h3,5-9H,2,4,10-11H2,1H3. The third kappa shape index (κ3) is 2.95. The number of carbonyl (C=O) groups excluding carboxylic acids is 2. The molecule has 1 aliphatic carbocycles. The number of methoxy groups -OCH3 is 1. The van der Waals surface area contributed by atoms with Gasteiger partial charge in [-0.1, -0.05) is 18.2 Å². The molecule has 4 nitrogen and oxygen atoms in total. The maximum Gasteiger partial charge on any atom is 0.337 e. The van der Waals surface area contributed by atoms with Crippen molar-refractivity contribution in [3.8, 4) is 0 Å². The maximum atomic E-state index is 12.3. The Morgan fingerprint density at radius 3 is 2.95 bits per heavy atom. The van der Waals surface area contributed by atoms with Crippen LogP contribution in [0.3, 0.4) is 0 Å². The van der Waals surface area contributed by atoms with Crippen molar-refractivity contribution in [2.24, 2.45) is 0 Å². The highest BCUT2D eigenvalue weighted by molar-refractivity contribution is 8.00. The van der Waals surface area contributed by atoms with Gasteiger partial charge >= 0.3 is 5.97 Å². The zero-order valence-corrected chi connectivity index (χ0v) is 13.2. The van der Waals surface area contributed by atoms with E-state index in [0.717, 1.165) is 29.0 Å². The summed E-state index contributed by atoms with van der Waals surface area (Å²) in [5, 5.41) is 0. The predicted molar refractivity (Wildman–Crippen MR) is 87.3 cm³/mol. The minimum absolute atomic E-state index is 0.0689. The summed E-state index contributed by atoms with van der Waals surface area (Å²) in [4.78, 5) is 26.8. The van der Waals surface area contributed by atoms with Crippen LogP contribution in [0.25, 0.3) is 0 Å². The number of thioether (sulfide) groups is 1. The van der Waals surface area contributed by atoms with Crippen LogP contribution in [0.5, 0.6) is 0 Å². The molecule has 5 heteroatoms. The van der Waals surface area contributed by atoms with E-state index in [1.165, 1.54) is 18.9 Å². The summed E-state index contributed by atoms with van der Waals surface area (Å²) in [7, 11) is 1.36. The predicted octanol–water partition coefficient (Wildman–Crippen LogP) is 3.19. The van der Waals surface area contributed by atoms with E-state index in [4.69, 9.17) is 4.74 Å². The second kappa shape index (κ2) is 6.40. The Balaban J connectivity index is 1.94. The normalized spacial score (nSPS) is 17.0. The summed E-state index contributed by atoms with van der Waals surface area (Å²) in [6, 6.07) is 5.38. The van der Waals surface area contributed by atoms with Crippen LogP contribution in [0.4, 0.5) is 5.69 Å². The highest BCUT2D eigenvalue weighted by atomic mass is 32.2. The summed E-state index contributed by atoms with van der Waals surface area (Å²) >= 11 is 1.51. The fourth-order valence-electron chi connectivity index (χ4n) is 2.59. The quantitative estimate of drug-likeness (QED) is 0.804. The van der Waals surface area contributed by atoms with Crippen molar-refractivity contribution in [1.29, 1.82) is 0 Å². The first-order chi connectivity index (χ1) is 10.7. The molecule has 0 saturated heterocycles. The first-order valence-electron chi connectivity index (χ1n) is 7.20. The number of anilines is 1. The van der Waals surface area contributed by atoms with Crippen molar-refractivity contribution in [2.75, 3.05) is 24.3 Å². The summed E-state index contributed by atoms with van der Waals surface area (Å²) < 4.78 is 4.77. The largest absolute Gasteiger partial charge is 0.465 e. The van der Waals surface area contributed by atoms with Gasteiger partial charge in [0.15, 0.2) is 0 Å². The number of esters is 1. The number of rotatable bonds is 3. The molecule has 3 rings (SSSR count). The van der Waals surface area contributed by atoms with Gasteiger partial charge in [-0.15, -0.1) is 11.8 Å². The van der Waals surface area contributed by atoms with Crippen LogP contribution in [0.2, 0.25) is 0 Å². The average molecular weight is 315 g/mol. The molecule has 22 heavy (non-hydrogen) atoms. The Bertz CT molecular complexity index is 678. The molecule has 0 saturated carbocycles. The molecule has 0 spiro atoms. The minimum atomic E-state index is -0.387. The second-order valence-corrected chi connectivity index (χ2v) is 6.22. The molecule has 1 aliphatic heterocycles. The molecular weight excluding hydrogens is 298 g/mol. The third-order valence-electron chi connectivity index (χ3n) is 3.74. The lowest BCUT2D eigenvalue weighted by atomic mass is 10.1. The van der Waals surface area contributed by atoms with Gasteiger partial charge in [0.05, 0.1) is 30.7 Å². The second-order valence-electron chi connectivity index (χ2n) is 5.20. The number of ether oxygens (including phenoxy) is 1. The van der Waals surface area contributed by atoms with Gasteiger partial charge < -0.3 is 9.64 Å². The first-order valence-corrected chi connectivity index (χ1v) is 8.18. The molecule has 1 heterocycles. The van der Waals surface area contributed by atoms with Crippen molar-refractivity contribution in [3.05, 3.63) is 47.6 Å². The Hall–Kier alpha value is -2.01. The fourth-order valence-corrected chi connectivity index (χ4v) is 3.50. The van der Waals surface area contributed by atoms with Crippen LogP contribution in [-0.2, 0) is 9.53 Å². The van der Waals surface area contributed by atoms with Gasteiger partial charge in [0.25, 0.3) is 0 Å². The Morgan fingerprint density at radius 2 is 2.23 bits per heavy atom. The molecule has 0 radical (unpaired) electrons.